The van der Waals surface area contributed by atoms with E-state index in [2.05, 4.69) is 42.2 Å². The molecule has 0 spiro atoms. The van der Waals surface area contributed by atoms with Crippen molar-refractivity contribution in [1.82, 2.24) is 20.1 Å². The normalized spacial score (nSPS) is 21.6. The lowest BCUT2D eigenvalue weighted by atomic mass is 9.97. The summed E-state index contributed by atoms with van der Waals surface area (Å²) in [5.74, 6) is 0.984. The first-order valence-corrected chi connectivity index (χ1v) is 14.5. The Kier molecular flexibility index (Phi) is 9.08. The molecule has 1 aromatic carbocycles. The van der Waals surface area contributed by atoms with Crippen LogP contribution in [0, 0.1) is 17.3 Å². The van der Waals surface area contributed by atoms with Crippen LogP contribution in [0.15, 0.2) is 35.5 Å². The lowest BCUT2D eigenvalue weighted by Gasteiger charge is -2.47. The maximum absolute atomic E-state index is 14.3. The smallest absolute Gasteiger partial charge is 0.209 e. The van der Waals surface area contributed by atoms with Crippen LogP contribution in [-0.2, 0) is 6.54 Å². The number of anilines is 2. The molecule has 3 heterocycles. The van der Waals surface area contributed by atoms with E-state index in [9.17, 15) is 4.39 Å². The number of aliphatic imine (C=N–C) groups is 1. The number of piperazine rings is 1. The molecule has 1 saturated carbocycles. The van der Waals surface area contributed by atoms with Crippen LogP contribution in [0.25, 0.3) is 0 Å². The molecule has 2 aliphatic heterocycles. The van der Waals surface area contributed by atoms with Crippen molar-refractivity contribution in [2.75, 3.05) is 42.9 Å². The van der Waals surface area contributed by atoms with Crippen LogP contribution in [0.4, 0.5) is 15.9 Å². The predicted octanol–water partition coefficient (Wildman–Crippen LogP) is 5.09. The minimum Gasteiger partial charge on any atom is -0.353 e. The van der Waals surface area contributed by atoms with Crippen LogP contribution in [0.5, 0.6) is 0 Å². The molecule has 2 saturated heterocycles. The van der Waals surface area contributed by atoms with Crippen molar-refractivity contribution in [2.24, 2.45) is 4.99 Å². The molecule has 2 aromatic rings. The van der Waals surface area contributed by atoms with Gasteiger partial charge in [0.05, 0.1) is 22.9 Å². The van der Waals surface area contributed by atoms with E-state index < -0.39 is 0 Å². The average molecular weight is 574 g/mol. The summed E-state index contributed by atoms with van der Waals surface area (Å²) in [4.78, 5) is 16.4. The van der Waals surface area contributed by atoms with Gasteiger partial charge in [-0.15, -0.1) is 0 Å². The van der Waals surface area contributed by atoms with Gasteiger partial charge in [0.25, 0.3) is 0 Å². The number of nitrogens with one attached hydrogen (secondary N) is 2. The number of halogens is 3. The van der Waals surface area contributed by atoms with Gasteiger partial charge < -0.3 is 10.2 Å². The largest absolute Gasteiger partial charge is 0.353 e. The van der Waals surface area contributed by atoms with E-state index in [-0.39, 0.29) is 11.9 Å². The maximum atomic E-state index is 14.3. The molecular formula is C28H35Cl2FN8. The van der Waals surface area contributed by atoms with Crippen LogP contribution >= 0.6 is 23.2 Å². The fourth-order valence-corrected chi connectivity index (χ4v) is 6.05. The molecule has 1 aliphatic carbocycles. The summed E-state index contributed by atoms with van der Waals surface area (Å²) in [6.07, 6.45) is 8.96. The number of nitrogens with zero attached hydrogens (tertiary/aromatic N) is 6. The standard InChI is InChI=1S/C28H35Cl2FN8/c1-2-23-17-38(27-25(30)14-22(15-33-27)36-28(34-18-32)35-21-5-6-21)11-12-39(23)24-7-9-37(10-8-24)16-19-3-4-20(29)13-26(19)31/h3-4,13-15,21,23-24H,2,5-12,16-17H2,1H3,(H2,34,35,36)/t23-/m0/s1. The van der Waals surface area contributed by atoms with Gasteiger partial charge in [-0.05, 0) is 63.4 Å². The van der Waals surface area contributed by atoms with Crippen LogP contribution < -0.4 is 15.5 Å². The number of hydrogen-bond acceptors (Lipinski definition) is 6. The maximum Gasteiger partial charge on any atom is 0.209 e. The van der Waals surface area contributed by atoms with Crippen molar-refractivity contribution in [2.45, 2.75) is 63.7 Å². The second-order valence-electron chi connectivity index (χ2n) is 10.6. The third kappa shape index (κ3) is 7.12. The number of guanidine groups is 1. The highest BCUT2D eigenvalue weighted by atomic mass is 35.5. The van der Waals surface area contributed by atoms with Crippen molar-refractivity contribution in [1.29, 1.82) is 5.26 Å². The van der Waals surface area contributed by atoms with E-state index in [0.717, 1.165) is 70.6 Å². The molecule has 0 unspecified atom stereocenters. The Hall–Kier alpha value is -2.64. The Morgan fingerprint density at radius 1 is 1.15 bits per heavy atom. The van der Waals surface area contributed by atoms with Gasteiger partial charge >= 0.3 is 0 Å². The van der Waals surface area contributed by atoms with Gasteiger partial charge in [0.15, 0.2) is 6.19 Å². The van der Waals surface area contributed by atoms with Crippen molar-refractivity contribution < 1.29 is 4.39 Å². The number of likely N-dealkylation sites (tertiary alicyclic amines) is 1. The fraction of sp³-hybridized carbons (Fsp3) is 0.536. The highest BCUT2D eigenvalue weighted by Crippen LogP contribution is 2.31. The van der Waals surface area contributed by atoms with Crippen molar-refractivity contribution in [3.05, 3.63) is 51.9 Å². The van der Waals surface area contributed by atoms with E-state index in [1.54, 1.807) is 18.3 Å². The topological polar surface area (TPSA) is 82.8 Å². The number of rotatable bonds is 7. The first-order chi connectivity index (χ1) is 18.9. The van der Waals surface area contributed by atoms with E-state index in [0.29, 0.717) is 45.9 Å². The molecule has 8 nitrogen and oxygen atoms in total. The summed E-state index contributed by atoms with van der Waals surface area (Å²) >= 11 is 12.6. The third-order valence-corrected chi connectivity index (χ3v) is 8.36. The van der Waals surface area contributed by atoms with Gasteiger partial charge in [0.1, 0.15) is 11.6 Å². The predicted molar refractivity (Wildman–Crippen MR) is 155 cm³/mol. The van der Waals surface area contributed by atoms with Gasteiger partial charge in [-0.25, -0.2) is 14.4 Å². The number of pyridine rings is 1. The number of nitriles is 1. The molecule has 3 fully saturated rings. The quantitative estimate of drug-likeness (QED) is 0.207. The lowest BCUT2D eigenvalue weighted by Crippen LogP contribution is -2.58. The second-order valence-corrected chi connectivity index (χ2v) is 11.4. The molecule has 39 heavy (non-hydrogen) atoms. The molecule has 11 heteroatoms. The zero-order chi connectivity index (χ0) is 27.4. The van der Waals surface area contributed by atoms with Crippen LogP contribution in [0.2, 0.25) is 10.0 Å². The van der Waals surface area contributed by atoms with Crippen LogP contribution in [-0.4, -0.2) is 71.6 Å². The summed E-state index contributed by atoms with van der Waals surface area (Å²) in [5.41, 5.74) is 1.40. The summed E-state index contributed by atoms with van der Waals surface area (Å²) in [5, 5.41) is 15.8. The molecule has 1 aromatic heterocycles. The molecule has 0 radical (unpaired) electrons. The van der Waals surface area contributed by atoms with Crippen molar-refractivity contribution in [3.8, 4) is 6.19 Å². The molecule has 0 amide bonds. The summed E-state index contributed by atoms with van der Waals surface area (Å²) in [6, 6.07) is 8.01. The van der Waals surface area contributed by atoms with E-state index >= 15 is 0 Å². The van der Waals surface area contributed by atoms with Crippen molar-refractivity contribution in [3.63, 3.8) is 0 Å². The molecule has 0 bridgehead atoms. The average Bonchev–Trinajstić information content (AvgIpc) is 3.75. The van der Waals surface area contributed by atoms with Gasteiger partial charge in [0, 0.05) is 48.8 Å². The molecule has 3 aliphatic rings. The van der Waals surface area contributed by atoms with Crippen LogP contribution in [0.3, 0.4) is 0 Å². The molecule has 208 valence electrons. The fourth-order valence-electron chi connectivity index (χ4n) is 5.61. The number of benzene rings is 1. The van der Waals surface area contributed by atoms with Gasteiger partial charge in [-0.3, -0.25) is 15.1 Å². The molecular weight excluding hydrogens is 538 g/mol. The zero-order valence-corrected chi connectivity index (χ0v) is 23.7. The Bertz CT molecular complexity index is 1220. The highest BCUT2D eigenvalue weighted by Gasteiger charge is 2.34. The number of piperidine rings is 1. The first kappa shape index (κ1) is 27.9. The number of aromatic nitrogens is 1. The molecule has 2 N–H and O–H groups in total. The third-order valence-electron chi connectivity index (χ3n) is 7.85. The van der Waals surface area contributed by atoms with Crippen LogP contribution in [0.1, 0.15) is 44.6 Å². The Balaban J connectivity index is 1.16. The lowest BCUT2D eigenvalue weighted by molar-refractivity contribution is 0.0607. The molecule has 5 rings (SSSR count). The minimum atomic E-state index is -0.228. The summed E-state index contributed by atoms with van der Waals surface area (Å²) < 4.78 is 14.3. The van der Waals surface area contributed by atoms with Gasteiger partial charge in [0.2, 0.25) is 5.96 Å². The zero-order valence-electron chi connectivity index (χ0n) is 22.2. The van der Waals surface area contributed by atoms with E-state index in [1.165, 1.54) is 6.07 Å². The van der Waals surface area contributed by atoms with Gasteiger partial charge in [-0.2, -0.15) is 5.26 Å². The Morgan fingerprint density at radius 3 is 2.62 bits per heavy atom. The summed E-state index contributed by atoms with van der Waals surface area (Å²) in [6.45, 7) is 7.46. The van der Waals surface area contributed by atoms with Gasteiger partial charge in [-0.1, -0.05) is 36.2 Å². The number of hydrogen-bond donors (Lipinski definition) is 2. The monoisotopic (exact) mass is 572 g/mol. The Labute approximate surface area is 239 Å². The first-order valence-electron chi connectivity index (χ1n) is 13.8. The summed E-state index contributed by atoms with van der Waals surface area (Å²) in [7, 11) is 0. The van der Waals surface area contributed by atoms with E-state index in [1.807, 2.05) is 12.3 Å². The van der Waals surface area contributed by atoms with Crippen molar-refractivity contribution >= 4 is 40.7 Å². The Morgan fingerprint density at radius 2 is 1.95 bits per heavy atom. The van der Waals surface area contributed by atoms with E-state index in [4.69, 9.17) is 28.5 Å². The minimum absolute atomic E-state index is 0.228. The SMILES string of the molecule is CC[C@H]1CN(c2ncc(NC(=NC3CC3)NC#N)cc2Cl)CCN1C1CCN(Cc2ccc(Cl)cc2F)CC1. The second kappa shape index (κ2) is 12.7. The molecule has 1 atom stereocenters. The highest BCUT2D eigenvalue weighted by molar-refractivity contribution is 6.33.